The van der Waals surface area contributed by atoms with Gasteiger partial charge in [0.15, 0.2) is 18.4 Å². The number of hydrogen-bond donors (Lipinski definition) is 0. The first-order chi connectivity index (χ1) is 10.8. The number of aldehydes is 2. The van der Waals surface area contributed by atoms with Gasteiger partial charge in [0.1, 0.15) is 0 Å². The molecule has 3 heteroatoms. The maximum Gasteiger partial charge on any atom is 0.194 e. The zero-order chi connectivity index (χ0) is 15.5. The van der Waals surface area contributed by atoms with Gasteiger partial charge in [-0.3, -0.25) is 14.4 Å². The van der Waals surface area contributed by atoms with E-state index in [2.05, 4.69) is 0 Å². The molecule has 0 aliphatic heterocycles. The van der Waals surface area contributed by atoms with Gasteiger partial charge in [-0.25, -0.2) is 0 Å². The van der Waals surface area contributed by atoms with Crippen LogP contribution in [0.4, 0.5) is 0 Å². The Balaban J connectivity index is 2.23. The van der Waals surface area contributed by atoms with Gasteiger partial charge in [-0.15, -0.1) is 0 Å². The number of carbonyl (C=O) groups is 3. The van der Waals surface area contributed by atoms with Crippen molar-refractivity contribution in [1.29, 1.82) is 0 Å². The molecule has 0 atom stereocenters. The van der Waals surface area contributed by atoms with Crippen LogP contribution in [0.2, 0.25) is 0 Å². The third-order valence-corrected chi connectivity index (χ3v) is 3.66. The minimum absolute atomic E-state index is 0.135. The van der Waals surface area contributed by atoms with Crippen molar-refractivity contribution in [2.24, 2.45) is 0 Å². The van der Waals surface area contributed by atoms with Crippen molar-refractivity contribution in [2.75, 3.05) is 0 Å². The van der Waals surface area contributed by atoms with Gasteiger partial charge in [0.05, 0.1) is 0 Å². The van der Waals surface area contributed by atoms with Crippen LogP contribution >= 0.6 is 0 Å². The smallest absolute Gasteiger partial charge is 0.194 e. The van der Waals surface area contributed by atoms with Crippen molar-refractivity contribution in [1.82, 2.24) is 0 Å². The summed E-state index contributed by atoms with van der Waals surface area (Å²) in [5, 5.41) is 1.77. The van der Waals surface area contributed by atoms with Gasteiger partial charge in [-0.05, 0) is 10.8 Å². The van der Waals surface area contributed by atoms with Crippen molar-refractivity contribution in [3.8, 4) is 0 Å². The Morgan fingerprint density at radius 3 is 2.18 bits per heavy atom. The largest absolute Gasteiger partial charge is 0.298 e. The minimum atomic E-state index is -0.261. The van der Waals surface area contributed by atoms with Crippen LogP contribution in [0, 0.1) is 0 Å². The molecule has 22 heavy (non-hydrogen) atoms. The average Bonchev–Trinajstić information content (AvgIpc) is 2.59. The summed E-state index contributed by atoms with van der Waals surface area (Å²) in [6.07, 6.45) is 1.14. The van der Waals surface area contributed by atoms with E-state index in [9.17, 15) is 14.4 Å². The van der Waals surface area contributed by atoms with Crippen LogP contribution in [0.3, 0.4) is 0 Å². The van der Waals surface area contributed by atoms with E-state index in [1.165, 1.54) is 6.07 Å². The highest BCUT2D eigenvalue weighted by molar-refractivity contribution is 6.19. The molecule has 0 fully saturated rings. The van der Waals surface area contributed by atoms with E-state index in [1.54, 1.807) is 24.3 Å². The Bertz CT molecular complexity index is 889. The van der Waals surface area contributed by atoms with Gasteiger partial charge < -0.3 is 0 Å². The molecule has 0 saturated carbocycles. The minimum Gasteiger partial charge on any atom is -0.298 e. The third kappa shape index (κ3) is 2.23. The average molecular weight is 288 g/mol. The van der Waals surface area contributed by atoms with Crippen LogP contribution in [-0.2, 0) is 0 Å². The molecular formula is C19H12O3. The Morgan fingerprint density at radius 2 is 1.41 bits per heavy atom. The van der Waals surface area contributed by atoms with Gasteiger partial charge in [-0.2, -0.15) is 0 Å². The van der Waals surface area contributed by atoms with Gasteiger partial charge in [0.2, 0.25) is 0 Å². The Labute approximate surface area is 127 Å². The maximum absolute atomic E-state index is 12.8. The van der Waals surface area contributed by atoms with E-state index in [-0.39, 0.29) is 22.5 Å². The molecule has 0 N–H and O–H groups in total. The summed E-state index contributed by atoms with van der Waals surface area (Å²) >= 11 is 0. The van der Waals surface area contributed by atoms with Gasteiger partial charge in [-0.1, -0.05) is 60.7 Å². The Morgan fingerprint density at radius 1 is 0.727 bits per heavy atom. The number of rotatable bonds is 4. The van der Waals surface area contributed by atoms with Crippen molar-refractivity contribution in [2.45, 2.75) is 0 Å². The van der Waals surface area contributed by atoms with Crippen LogP contribution in [-0.4, -0.2) is 18.4 Å². The predicted octanol–water partition coefficient (Wildman–Crippen LogP) is 3.70. The molecule has 0 aliphatic carbocycles. The fourth-order valence-corrected chi connectivity index (χ4v) is 2.58. The first kappa shape index (κ1) is 13.9. The molecule has 3 nitrogen and oxygen atoms in total. The molecule has 3 aromatic carbocycles. The molecule has 0 amide bonds. The molecular weight excluding hydrogens is 276 g/mol. The summed E-state index contributed by atoms with van der Waals surface area (Å²) < 4.78 is 0. The van der Waals surface area contributed by atoms with Crippen LogP contribution in [0.5, 0.6) is 0 Å². The van der Waals surface area contributed by atoms with Crippen LogP contribution < -0.4 is 0 Å². The van der Waals surface area contributed by atoms with Gasteiger partial charge in [0.25, 0.3) is 0 Å². The summed E-state index contributed by atoms with van der Waals surface area (Å²) in [5.41, 5.74) is 1.12. The second-order valence-electron chi connectivity index (χ2n) is 4.90. The summed E-state index contributed by atoms with van der Waals surface area (Å²) in [6, 6.07) is 17.7. The molecule has 0 bridgehead atoms. The molecule has 106 valence electrons. The number of ketones is 1. The summed E-state index contributed by atoms with van der Waals surface area (Å²) in [7, 11) is 0. The number of hydrogen-bond acceptors (Lipinski definition) is 3. The standard InChI is InChI=1S/C19H12O3/c20-11-14-7-4-10-17(18(14)12-21)19(22)16-9-3-6-13-5-1-2-8-15(13)16/h1-12H. The highest BCUT2D eigenvalue weighted by Crippen LogP contribution is 2.23. The number of fused-ring (bicyclic) bond motifs is 1. The Kier molecular flexibility index (Phi) is 3.62. The summed E-state index contributed by atoms with van der Waals surface area (Å²) in [4.78, 5) is 35.2. The van der Waals surface area contributed by atoms with Crippen LogP contribution in [0.15, 0.2) is 60.7 Å². The van der Waals surface area contributed by atoms with Crippen LogP contribution in [0.25, 0.3) is 10.8 Å². The molecule has 0 unspecified atom stereocenters. The molecule has 0 heterocycles. The lowest BCUT2D eigenvalue weighted by molar-refractivity contribution is 0.103. The lowest BCUT2D eigenvalue weighted by Gasteiger charge is -2.08. The lowest BCUT2D eigenvalue weighted by Crippen LogP contribution is -2.08. The van der Waals surface area contributed by atoms with Gasteiger partial charge >= 0.3 is 0 Å². The Hall–Kier alpha value is -3.07. The molecule has 0 radical (unpaired) electrons. The zero-order valence-electron chi connectivity index (χ0n) is 11.7. The highest BCUT2D eigenvalue weighted by atomic mass is 16.1. The van der Waals surface area contributed by atoms with Gasteiger partial charge in [0, 0.05) is 22.3 Å². The monoisotopic (exact) mass is 288 g/mol. The highest BCUT2D eigenvalue weighted by Gasteiger charge is 2.17. The summed E-state index contributed by atoms with van der Waals surface area (Å²) in [5.74, 6) is -0.261. The van der Waals surface area contributed by atoms with E-state index in [4.69, 9.17) is 0 Å². The second-order valence-corrected chi connectivity index (χ2v) is 4.90. The van der Waals surface area contributed by atoms with E-state index in [0.29, 0.717) is 18.1 Å². The maximum atomic E-state index is 12.8. The zero-order valence-corrected chi connectivity index (χ0v) is 11.7. The van der Waals surface area contributed by atoms with E-state index in [1.807, 2.05) is 30.3 Å². The predicted molar refractivity (Wildman–Crippen MR) is 84.6 cm³/mol. The van der Waals surface area contributed by atoms with Crippen molar-refractivity contribution in [3.63, 3.8) is 0 Å². The number of carbonyl (C=O) groups excluding carboxylic acids is 3. The lowest BCUT2D eigenvalue weighted by atomic mass is 9.93. The summed E-state index contributed by atoms with van der Waals surface area (Å²) in [6.45, 7) is 0. The van der Waals surface area contributed by atoms with E-state index < -0.39 is 0 Å². The van der Waals surface area contributed by atoms with Crippen molar-refractivity contribution < 1.29 is 14.4 Å². The third-order valence-electron chi connectivity index (χ3n) is 3.66. The molecule has 0 saturated heterocycles. The molecule has 3 aromatic rings. The molecule has 3 rings (SSSR count). The van der Waals surface area contributed by atoms with E-state index >= 15 is 0 Å². The van der Waals surface area contributed by atoms with E-state index in [0.717, 1.165) is 10.8 Å². The fourth-order valence-electron chi connectivity index (χ4n) is 2.58. The normalized spacial score (nSPS) is 10.4. The first-order valence-corrected chi connectivity index (χ1v) is 6.82. The van der Waals surface area contributed by atoms with Crippen LogP contribution in [0.1, 0.15) is 36.6 Å². The van der Waals surface area contributed by atoms with Crippen molar-refractivity contribution in [3.05, 3.63) is 82.9 Å². The molecule has 0 spiro atoms. The fraction of sp³-hybridized carbons (Fsp3) is 0. The second kappa shape index (κ2) is 5.74. The quantitative estimate of drug-likeness (QED) is 0.543. The molecule has 0 aromatic heterocycles. The van der Waals surface area contributed by atoms with Crippen molar-refractivity contribution >= 4 is 29.1 Å². The molecule has 0 aliphatic rings. The SMILES string of the molecule is O=Cc1cccc(C(=O)c2cccc3ccccc23)c1C=O. The first-order valence-electron chi connectivity index (χ1n) is 6.82. The topological polar surface area (TPSA) is 51.2 Å². The number of benzene rings is 3.